The summed E-state index contributed by atoms with van der Waals surface area (Å²) in [5, 5.41) is 3.02. The van der Waals surface area contributed by atoms with Crippen LogP contribution in [0.4, 0.5) is 5.13 Å². The van der Waals surface area contributed by atoms with Crippen molar-refractivity contribution in [2.45, 2.75) is 42.0 Å². The van der Waals surface area contributed by atoms with Gasteiger partial charge in [0.15, 0.2) is 15.0 Å². The van der Waals surface area contributed by atoms with Crippen molar-refractivity contribution in [2.24, 2.45) is 0 Å². The Kier molecular flexibility index (Phi) is 6.10. The molecule has 2 heterocycles. The highest BCUT2D eigenvalue weighted by Crippen LogP contribution is 2.29. The molecule has 4 rings (SSSR count). The second kappa shape index (κ2) is 8.54. The number of carbonyl (C=O) groups is 1. The summed E-state index contributed by atoms with van der Waals surface area (Å²) in [6.45, 7) is 2.42. The van der Waals surface area contributed by atoms with Crippen molar-refractivity contribution in [1.82, 2.24) is 9.29 Å². The van der Waals surface area contributed by atoms with Crippen LogP contribution in [0.5, 0.6) is 0 Å². The normalized spacial score (nSPS) is 18.0. The molecule has 0 spiro atoms. The van der Waals surface area contributed by atoms with Crippen LogP contribution in [0.25, 0.3) is 10.2 Å². The summed E-state index contributed by atoms with van der Waals surface area (Å²) < 4.78 is 51.5. The highest BCUT2D eigenvalue weighted by atomic mass is 32.2. The van der Waals surface area contributed by atoms with Crippen LogP contribution in [0.3, 0.4) is 0 Å². The lowest BCUT2D eigenvalue weighted by molar-refractivity contribution is 0.102. The molecule has 1 saturated heterocycles. The van der Waals surface area contributed by atoms with E-state index in [1.165, 1.54) is 52.0 Å². The van der Waals surface area contributed by atoms with Crippen LogP contribution in [0.2, 0.25) is 0 Å². The molecule has 1 N–H and O–H groups in total. The zero-order valence-corrected chi connectivity index (χ0v) is 20.1. The Hall–Kier alpha value is -2.34. The van der Waals surface area contributed by atoms with Crippen LogP contribution in [0.1, 0.15) is 36.5 Å². The van der Waals surface area contributed by atoms with Gasteiger partial charge in [-0.15, -0.1) is 0 Å². The first-order valence-electron chi connectivity index (χ1n) is 10.1. The lowest BCUT2D eigenvalue weighted by atomic mass is 10.1. The fourth-order valence-electron chi connectivity index (χ4n) is 3.70. The zero-order valence-electron chi connectivity index (χ0n) is 17.6. The summed E-state index contributed by atoms with van der Waals surface area (Å²) in [5.74, 6) is -0.428. The Bertz CT molecular complexity index is 1380. The molecule has 8 nitrogen and oxygen atoms in total. The Morgan fingerprint density at radius 1 is 1.06 bits per heavy atom. The van der Waals surface area contributed by atoms with Crippen molar-refractivity contribution in [2.75, 3.05) is 18.1 Å². The molecule has 2 aromatic carbocycles. The largest absolute Gasteiger partial charge is 0.298 e. The van der Waals surface area contributed by atoms with E-state index < -0.39 is 25.8 Å². The second-order valence-electron chi connectivity index (χ2n) is 7.86. The molecule has 32 heavy (non-hydrogen) atoms. The van der Waals surface area contributed by atoms with E-state index in [9.17, 15) is 21.6 Å². The molecular weight excluding hydrogens is 470 g/mol. The van der Waals surface area contributed by atoms with Crippen molar-refractivity contribution in [3.63, 3.8) is 0 Å². The van der Waals surface area contributed by atoms with Gasteiger partial charge in [0.1, 0.15) is 0 Å². The van der Waals surface area contributed by atoms with Gasteiger partial charge in [-0.05, 0) is 62.2 Å². The highest BCUT2D eigenvalue weighted by Gasteiger charge is 2.31. The van der Waals surface area contributed by atoms with E-state index in [1.54, 1.807) is 6.07 Å². The number of amides is 1. The number of rotatable bonds is 5. The number of sulfone groups is 1. The average Bonchev–Trinajstić information content (AvgIpc) is 3.15. The molecule has 1 atom stereocenters. The smallest absolute Gasteiger partial charge is 0.257 e. The molecule has 11 heteroatoms. The Morgan fingerprint density at radius 3 is 2.41 bits per heavy atom. The van der Waals surface area contributed by atoms with Crippen LogP contribution in [0.15, 0.2) is 52.3 Å². The van der Waals surface area contributed by atoms with E-state index in [1.807, 2.05) is 6.92 Å². The van der Waals surface area contributed by atoms with Gasteiger partial charge in [0.2, 0.25) is 10.0 Å². The number of hydrogen-bond acceptors (Lipinski definition) is 7. The predicted molar refractivity (Wildman–Crippen MR) is 124 cm³/mol. The minimum atomic E-state index is -3.60. The molecule has 0 bridgehead atoms. The van der Waals surface area contributed by atoms with Crippen LogP contribution < -0.4 is 5.32 Å². The van der Waals surface area contributed by atoms with Gasteiger partial charge in [-0.25, -0.2) is 21.8 Å². The number of fused-ring (bicyclic) bond motifs is 1. The maximum atomic E-state index is 12.9. The first-order chi connectivity index (χ1) is 15.1. The highest BCUT2D eigenvalue weighted by molar-refractivity contribution is 7.90. The van der Waals surface area contributed by atoms with Gasteiger partial charge >= 0.3 is 0 Å². The standard InChI is InChI=1S/C21H23N3O5S3/c1-14-5-3-4-12-24(14)32(28,29)16-8-6-15(7-9-16)20(25)23-21-22-18-11-10-17(31(2,26)27)13-19(18)30-21/h6-11,13-14H,3-5,12H2,1-2H3,(H,22,23,25)/t14-/m0/s1. The monoisotopic (exact) mass is 493 g/mol. The minimum Gasteiger partial charge on any atom is -0.298 e. The van der Waals surface area contributed by atoms with Crippen LogP contribution in [-0.4, -0.2) is 50.9 Å². The summed E-state index contributed by atoms with van der Waals surface area (Å²) in [7, 11) is -6.94. The third kappa shape index (κ3) is 4.56. The van der Waals surface area contributed by atoms with Crippen LogP contribution in [0, 0.1) is 0 Å². The molecule has 170 valence electrons. The van der Waals surface area contributed by atoms with E-state index in [0.29, 0.717) is 27.5 Å². The second-order valence-corrected chi connectivity index (χ2v) is 12.8. The zero-order chi connectivity index (χ0) is 23.1. The summed E-state index contributed by atoms with van der Waals surface area (Å²) in [6, 6.07) is 10.4. The Labute approximate surface area is 191 Å². The van der Waals surface area contributed by atoms with Gasteiger partial charge < -0.3 is 0 Å². The summed E-state index contributed by atoms with van der Waals surface area (Å²) in [4.78, 5) is 17.3. The summed E-state index contributed by atoms with van der Waals surface area (Å²) >= 11 is 1.17. The molecule has 0 aliphatic carbocycles. The Balaban J connectivity index is 1.52. The van der Waals surface area contributed by atoms with Crippen molar-refractivity contribution in [3.8, 4) is 0 Å². The van der Waals surface area contributed by atoms with Crippen LogP contribution >= 0.6 is 11.3 Å². The minimum absolute atomic E-state index is 0.0426. The topological polar surface area (TPSA) is 114 Å². The van der Waals surface area contributed by atoms with Crippen molar-refractivity contribution < 1.29 is 21.6 Å². The number of sulfonamides is 1. The van der Waals surface area contributed by atoms with Gasteiger partial charge in [-0.3, -0.25) is 10.1 Å². The quantitative estimate of drug-likeness (QED) is 0.582. The van der Waals surface area contributed by atoms with Gasteiger partial charge in [-0.2, -0.15) is 4.31 Å². The first-order valence-corrected chi connectivity index (χ1v) is 14.2. The number of benzene rings is 2. The third-order valence-electron chi connectivity index (χ3n) is 5.47. The van der Waals surface area contributed by atoms with Crippen molar-refractivity contribution in [3.05, 3.63) is 48.0 Å². The molecule has 0 unspecified atom stereocenters. The first kappa shape index (κ1) is 22.8. The lowest BCUT2D eigenvalue weighted by Crippen LogP contribution is -2.41. The molecule has 0 saturated carbocycles. The number of thiazole rings is 1. The molecule has 1 aliphatic rings. The fourth-order valence-corrected chi connectivity index (χ4v) is 7.02. The lowest BCUT2D eigenvalue weighted by Gasteiger charge is -2.32. The molecule has 1 aromatic heterocycles. The average molecular weight is 494 g/mol. The van der Waals surface area contributed by atoms with E-state index in [4.69, 9.17) is 0 Å². The number of anilines is 1. The van der Waals surface area contributed by atoms with Gasteiger partial charge in [-0.1, -0.05) is 17.8 Å². The number of hydrogen-bond donors (Lipinski definition) is 1. The molecule has 0 radical (unpaired) electrons. The van der Waals surface area contributed by atoms with Crippen molar-refractivity contribution in [1.29, 1.82) is 0 Å². The number of piperidine rings is 1. The number of aromatic nitrogens is 1. The van der Waals surface area contributed by atoms with Gasteiger partial charge in [0, 0.05) is 24.4 Å². The number of nitrogens with zero attached hydrogens (tertiary/aromatic N) is 2. The molecule has 1 aliphatic heterocycles. The molecular formula is C21H23N3O5S3. The summed E-state index contributed by atoms with van der Waals surface area (Å²) in [6.07, 6.45) is 3.84. The maximum Gasteiger partial charge on any atom is 0.257 e. The van der Waals surface area contributed by atoms with Crippen molar-refractivity contribution >= 4 is 52.5 Å². The molecule has 1 amide bonds. The SMILES string of the molecule is C[C@H]1CCCCN1S(=O)(=O)c1ccc(C(=O)Nc2nc3ccc(S(C)(=O)=O)cc3s2)cc1. The van der Waals surface area contributed by atoms with Gasteiger partial charge in [0.05, 0.1) is 20.0 Å². The van der Waals surface area contributed by atoms with E-state index in [-0.39, 0.29) is 15.8 Å². The van der Waals surface area contributed by atoms with Crippen LogP contribution in [-0.2, 0) is 19.9 Å². The van der Waals surface area contributed by atoms with E-state index in [2.05, 4.69) is 10.3 Å². The number of carbonyl (C=O) groups excluding carboxylic acids is 1. The predicted octanol–water partition coefficient (Wildman–Crippen LogP) is 3.52. The number of nitrogens with one attached hydrogen (secondary N) is 1. The molecule has 1 fully saturated rings. The fraction of sp³-hybridized carbons (Fsp3) is 0.333. The van der Waals surface area contributed by atoms with E-state index >= 15 is 0 Å². The van der Waals surface area contributed by atoms with Gasteiger partial charge in [0.25, 0.3) is 5.91 Å². The molecule has 3 aromatic rings. The summed E-state index contributed by atoms with van der Waals surface area (Å²) in [5.41, 5.74) is 0.876. The Morgan fingerprint density at radius 2 is 1.75 bits per heavy atom. The third-order valence-corrected chi connectivity index (χ3v) is 9.55. The maximum absolute atomic E-state index is 12.9. The van der Waals surface area contributed by atoms with E-state index in [0.717, 1.165) is 25.5 Å².